The monoisotopic (exact) mass is 806 g/mol. The molecule has 0 saturated heterocycles. The van der Waals surface area contributed by atoms with Gasteiger partial charge in [0.25, 0.3) is 0 Å². The molecule has 3 nitrogen and oxygen atoms in total. The molecule has 9 aromatic carbocycles. The lowest BCUT2D eigenvalue weighted by molar-refractivity contribution is 0.487. The lowest BCUT2D eigenvalue weighted by Gasteiger charge is -2.35. The van der Waals surface area contributed by atoms with Crippen LogP contribution >= 0.6 is 0 Å². The molecule has 3 aliphatic rings. The summed E-state index contributed by atoms with van der Waals surface area (Å²) in [7, 11) is 0. The average Bonchev–Trinajstić information content (AvgIpc) is 3.36. The Bertz CT molecular complexity index is 3320. The van der Waals surface area contributed by atoms with Crippen LogP contribution in [0.15, 0.2) is 248 Å². The molecule has 1 aliphatic heterocycles. The van der Waals surface area contributed by atoms with Crippen LogP contribution in [0.2, 0.25) is 0 Å². The summed E-state index contributed by atoms with van der Waals surface area (Å²) in [6.07, 6.45) is 14.6. The Hall–Kier alpha value is -8.14. The minimum absolute atomic E-state index is 0.312. The van der Waals surface area contributed by atoms with E-state index in [1.165, 1.54) is 44.3 Å². The SMILES string of the molecule is C1=CC2=C(N(c3ccc(-c4ccccc4)cc3)c3cccc4c3-c3cccc5c(N(c6ccc(-c7ccccc7)cc6)c6ccc7ccccc7c6)ccc(c35)O4)C=CCC2C=C1. The predicted octanol–water partition coefficient (Wildman–Crippen LogP) is 16.7. The van der Waals surface area contributed by atoms with Gasteiger partial charge in [0.05, 0.1) is 11.4 Å². The first-order valence-corrected chi connectivity index (χ1v) is 21.8. The highest BCUT2D eigenvalue weighted by atomic mass is 16.5. The molecule has 2 aliphatic carbocycles. The molecule has 0 bridgehead atoms. The smallest absolute Gasteiger partial charge is 0.137 e. The average molecular weight is 807 g/mol. The molecular weight excluding hydrogens is 765 g/mol. The molecule has 1 heterocycles. The summed E-state index contributed by atoms with van der Waals surface area (Å²) in [5.74, 6) is 2.01. The molecule has 63 heavy (non-hydrogen) atoms. The summed E-state index contributed by atoms with van der Waals surface area (Å²) in [4.78, 5) is 4.84. The first kappa shape index (κ1) is 36.7. The largest absolute Gasteiger partial charge is 0.456 e. The Morgan fingerprint density at radius 2 is 1.10 bits per heavy atom. The van der Waals surface area contributed by atoms with Crippen molar-refractivity contribution in [1.29, 1.82) is 0 Å². The Kier molecular flexibility index (Phi) is 8.97. The van der Waals surface area contributed by atoms with E-state index < -0.39 is 0 Å². The Balaban J connectivity index is 1.05. The van der Waals surface area contributed by atoms with Gasteiger partial charge in [-0.1, -0.05) is 170 Å². The fourth-order valence-electron chi connectivity index (χ4n) is 9.74. The van der Waals surface area contributed by atoms with Gasteiger partial charge in [-0.05, 0) is 117 Å². The van der Waals surface area contributed by atoms with Crippen LogP contribution in [-0.2, 0) is 0 Å². The fourth-order valence-corrected chi connectivity index (χ4v) is 9.74. The van der Waals surface area contributed by atoms with E-state index in [9.17, 15) is 0 Å². The van der Waals surface area contributed by atoms with Crippen LogP contribution in [0.5, 0.6) is 11.5 Å². The molecule has 0 amide bonds. The third kappa shape index (κ3) is 6.45. The van der Waals surface area contributed by atoms with Gasteiger partial charge in [0.1, 0.15) is 11.5 Å². The number of fused-ring (bicyclic) bond motifs is 4. The highest BCUT2D eigenvalue weighted by molar-refractivity contribution is 6.13. The normalized spacial score (nSPS) is 14.6. The molecule has 0 N–H and O–H groups in total. The zero-order valence-electron chi connectivity index (χ0n) is 34.6. The van der Waals surface area contributed by atoms with Crippen LogP contribution in [0.1, 0.15) is 6.42 Å². The third-order valence-corrected chi connectivity index (χ3v) is 12.7. The summed E-state index contributed by atoms with van der Waals surface area (Å²) in [5.41, 5.74) is 14.9. The summed E-state index contributed by atoms with van der Waals surface area (Å²) < 4.78 is 7.01. The zero-order chi connectivity index (χ0) is 41.7. The van der Waals surface area contributed by atoms with Crippen molar-refractivity contribution in [2.45, 2.75) is 6.42 Å². The van der Waals surface area contributed by atoms with Crippen molar-refractivity contribution >= 4 is 50.0 Å². The Morgan fingerprint density at radius 3 is 1.84 bits per heavy atom. The van der Waals surface area contributed by atoms with Gasteiger partial charge in [0, 0.05) is 45.0 Å². The predicted molar refractivity (Wildman–Crippen MR) is 264 cm³/mol. The first-order chi connectivity index (χ1) is 31.2. The van der Waals surface area contributed by atoms with Crippen molar-refractivity contribution in [2.75, 3.05) is 9.80 Å². The van der Waals surface area contributed by atoms with E-state index in [1.807, 2.05) is 0 Å². The van der Waals surface area contributed by atoms with Crippen molar-refractivity contribution in [1.82, 2.24) is 0 Å². The van der Waals surface area contributed by atoms with Crippen molar-refractivity contribution in [2.24, 2.45) is 5.92 Å². The third-order valence-electron chi connectivity index (χ3n) is 12.7. The number of hydrogen-bond donors (Lipinski definition) is 0. The van der Waals surface area contributed by atoms with Crippen molar-refractivity contribution < 1.29 is 4.74 Å². The maximum absolute atomic E-state index is 7.01. The number of nitrogens with zero attached hydrogens (tertiary/aromatic N) is 2. The lowest BCUT2D eigenvalue weighted by atomic mass is 9.85. The number of benzene rings is 9. The van der Waals surface area contributed by atoms with Gasteiger partial charge in [-0.2, -0.15) is 0 Å². The van der Waals surface area contributed by atoms with Crippen LogP contribution in [0.3, 0.4) is 0 Å². The minimum Gasteiger partial charge on any atom is -0.456 e. The molecule has 9 aromatic rings. The van der Waals surface area contributed by atoms with E-state index in [0.717, 1.165) is 68.3 Å². The second-order valence-corrected chi connectivity index (χ2v) is 16.4. The quantitative estimate of drug-likeness (QED) is 0.152. The van der Waals surface area contributed by atoms with Crippen LogP contribution in [0.4, 0.5) is 28.4 Å². The fraction of sp³-hybridized carbons (Fsp3) is 0.0333. The number of anilines is 5. The minimum atomic E-state index is 0.312. The zero-order valence-corrected chi connectivity index (χ0v) is 34.6. The van der Waals surface area contributed by atoms with Crippen LogP contribution in [-0.4, -0.2) is 0 Å². The summed E-state index contributed by atoms with van der Waals surface area (Å²) in [5, 5.41) is 4.62. The Morgan fingerprint density at radius 1 is 0.444 bits per heavy atom. The summed E-state index contributed by atoms with van der Waals surface area (Å²) >= 11 is 0. The highest BCUT2D eigenvalue weighted by Gasteiger charge is 2.31. The van der Waals surface area contributed by atoms with Gasteiger partial charge < -0.3 is 14.5 Å². The number of ether oxygens (including phenoxy) is 1. The van der Waals surface area contributed by atoms with Gasteiger partial charge >= 0.3 is 0 Å². The molecule has 1 atom stereocenters. The number of rotatable bonds is 8. The van der Waals surface area contributed by atoms with Crippen LogP contribution < -0.4 is 14.5 Å². The van der Waals surface area contributed by atoms with E-state index in [0.29, 0.717) is 5.92 Å². The van der Waals surface area contributed by atoms with E-state index in [4.69, 9.17) is 4.74 Å². The molecule has 0 saturated carbocycles. The maximum Gasteiger partial charge on any atom is 0.137 e. The van der Waals surface area contributed by atoms with E-state index >= 15 is 0 Å². The molecule has 12 rings (SSSR count). The van der Waals surface area contributed by atoms with Crippen molar-refractivity contribution in [3.05, 3.63) is 248 Å². The van der Waals surface area contributed by atoms with Gasteiger partial charge in [0.15, 0.2) is 0 Å². The number of allylic oxidation sites excluding steroid dienone is 7. The molecule has 1 unspecified atom stereocenters. The molecule has 0 aromatic heterocycles. The van der Waals surface area contributed by atoms with Crippen molar-refractivity contribution in [3.63, 3.8) is 0 Å². The van der Waals surface area contributed by atoms with E-state index in [1.54, 1.807) is 0 Å². The highest BCUT2D eigenvalue weighted by Crippen LogP contribution is 2.55. The Labute approximate surface area is 368 Å². The van der Waals surface area contributed by atoms with E-state index in [2.05, 4.69) is 246 Å². The van der Waals surface area contributed by atoms with Gasteiger partial charge in [-0.25, -0.2) is 0 Å². The molecule has 0 spiro atoms. The molecule has 0 radical (unpaired) electrons. The molecule has 0 fully saturated rings. The summed E-state index contributed by atoms with van der Waals surface area (Å²) in [6.45, 7) is 0. The second-order valence-electron chi connectivity index (χ2n) is 16.4. The van der Waals surface area contributed by atoms with E-state index in [-0.39, 0.29) is 0 Å². The lowest BCUT2D eigenvalue weighted by Crippen LogP contribution is -2.22. The van der Waals surface area contributed by atoms with Gasteiger partial charge in [0.2, 0.25) is 0 Å². The molecular formula is C60H42N2O. The van der Waals surface area contributed by atoms with Crippen molar-refractivity contribution in [3.8, 4) is 44.9 Å². The van der Waals surface area contributed by atoms with Gasteiger partial charge in [-0.3, -0.25) is 0 Å². The topological polar surface area (TPSA) is 15.7 Å². The van der Waals surface area contributed by atoms with Crippen LogP contribution in [0, 0.1) is 5.92 Å². The summed E-state index contributed by atoms with van der Waals surface area (Å²) in [6, 6.07) is 72.1. The second kappa shape index (κ2) is 15.4. The maximum atomic E-state index is 7.01. The molecule has 3 heteroatoms. The molecule has 298 valence electrons. The standard InChI is InChI=1S/C60H42N2O/c1-3-14-41(15-4-1)44-28-33-48(34-29-44)61(50-37-32-43-18-7-8-20-47(43)40-50)55-38-39-58-59-52(55)23-12-24-53(59)60-56(26-13-27-57(60)63-58)62(54-25-11-21-46-19-9-10-22-51(46)54)49-35-30-45(31-36-49)42-16-5-2-6-17-42/h1-20,22-40,46H,21H2. The first-order valence-electron chi connectivity index (χ1n) is 21.8. The number of hydrogen-bond acceptors (Lipinski definition) is 3. The van der Waals surface area contributed by atoms with Gasteiger partial charge in [-0.15, -0.1) is 0 Å². The van der Waals surface area contributed by atoms with Crippen LogP contribution in [0.25, 0.3) is 54.9 Å².